The smallest absolute Gasteiger partial charge is 0.137 e. The predicted molar refractivity (Wildman–Crippen MR) is 62.7 cm³/mol. The minimum atomic E-state index is 0.288. The minimum Gasteiger partial charge on any atom is -0.506 e. The zero-order valence-electron chi connectivity index (χ0n) is 7.58. The molecule has 1 heterocycles. The summed E-state index contributed by atoms with van der Waals surface area (Å²) < 4.78 is 6.02. The largest absolute Gasteiger partial charge is 0.506 e. The molecule has 74 valence electrons. The number of hydrogen-bond donors (Lipinski definition) is 1. The standard InChI is InChI=1S/C10H9BrO2S/c1-13-7-2-8-6(4-11)5-14-10(8)9(12)3-7/h2-3,5,12H,4H2,1H3. The van der Waals surface area contributed by atoms with Crippen molar-refractivity contribution in [3.63, 3.8) is 0 Å². The van der Waals surface area contributed by atoms with Crippen molar-refractivity contribution in [2.75, 3.05) is 7.11 Å². The SMILES string of the molecule is COc1cc(O)c2scc(CBr)c2c1. The first kappa shape index (κ1) is 9.80. The molecule has 14 heavy (non-hydrogen) atoms. The highest BCUT2D eigenvalue weighted by Crippen LogP contribution is 2.37. The van der Waals surface area contributed by atoms with Gasteiger partial charge in [0.25, 0.3) is 0 Å². The third-order valence-corrected chi connectivity index (χ3v) is 3.76. The summed E-state index contributed by atoms with van der Waals surface area (Å²) in [6.45, 7) is 0. The van der Waals surface area contributed by atoms with Crippen molar-refractivity contribution >= 4 is 37.4 Å². The minimum absolute atomic E-state index is 0.288. The molecule has 0 unspecified atom stereocenters. The van der Waals surface area contributed by atoms with Gasteiger partial charge in [-0.1, -0.05) is 15.9 Å². The molecule has 1 aromatic heterocycles. The van der Waals surface area contributed by atoms with Crippen LogP contribution in [0.4, 0.5) is 0 Å². The van der Waals surface area contributed by atoms with Gasteiger partial charge >= 0.3 is 0 Å². The first-order chi connectivity index (χ1) is 6.76. The summed E-state index contributed by atoms with van der Waals surface area (Å²) in [5.41, 5.74) is 1.18. The van der Waals surface area contributed by atoms with Crippen LogP contribution in [0, 0.1) is 0 Å². The molecule has 0 atom stereocenters. The summed E-state index contributed by atoms with van der Waals surface area (Å²) in [7, 11) is 1.60. The van der Waals surface area contributed by atoms with Crippen LogP contribution in [0.2, 0.25) is 0 Å². The number of methoxy groups -OCH3 is 1. The average Bonchev–Trinajstić information content (AvgIpc) is 2.61. The fourth-order valence-corrected chi connectivity index (χ4v) is 3.01. The van der Waals surface area contributed by atoms with Crippen LogP contribution in [-0.4, -0.2) is 12.2 Å². The number of ether oxygens (including phenoxy) is 1. The number of rotatable bonds is 2. The summed E-state index contributed by atoms with van der Waals surface area (Å²) in [6, 6.07) is 3.58. The Kier molecular flexibility index (Phi) is 2.65. The third-order valence-electron chi connectivity index (χ3n) is 2.09. The topological polar surface area (TPSA) is 29.5 Å². The van der Waals surface area contributed by atoms with Crippen LogP contribution in [-0.2, 0) is 5.33 Å². The Balaban J connectivity index is 2.73. The van der Waals surface area contributed by atoms with Crippen LogP contribution in [0.1, 0.15) is 5.56 Å². The number of hydrogen-bond acceptors (Lipinski definition) is 3. The maximum atomic E-state index is 9.71. The van der Waals surface area contributed by atoms with E-state index in [1.807, 2.05) is 11.4 Å². The Morgan fingerprint density at radius 1 is 1.50 bits per heavy atom. The fourth-order valence-electron chi connectivity index (χ4n) is 1.36. The predicted octanol–water partition coefficient (Wildman–Crippen LogP) is 3.51. The van der Waals surface area contributed by atoms with Gasteiger partial charge in [0.2, 0.25) is 0 Å². The number of benzene rings is 1. The lowest BCUT2D eigenvalue weighted by molar-refractivity contribution is 0.409. The number of alkyl halides is 1. The van der Waals surface area contributed by atoms with E-state index in [-0.39, 0.29) is 5.75 Å². The molecule has 2 rings (SSSR count). The summed E-state index contributed by atoms with van der Waals surface area (Å²) in [5, 5.41) is 13.6. The number of fused-ring (bicyclic) bond motifs is 1. The van der Waals surface area contributed by atoms with Crippen molar-refractivity contribution in [1.29, 1.82) is 0 Å². The van der Waals surface area contributed by atoms with E-state index < -0.39 is 0 Å². The molecular formula is C10H9BrO2S. The number of halogens is 1. The van der Waals surface area contributed by atoms with Gasteiger partial charge in [0.05, 0.1) is 11.8 Å². The normalized spacial score (nSPS) is 10.7. The number of phenols is 1. The van der Waals surface area contributed by atoms with E-state index in [4.69, 9.17) is 4.74 Å². The molecule has 1 N–H and O–H groups in total. The Bertz CT molecular complexity index is 464. The van der Waals surface area contributed by atoms with Gasteiger partial charge in [0.15, 0.2) is 0 Å². The van der Waals surface area contributed by atoms with E-state index in [2.05, 4.69) is 15.9 Å². The average molecular weight is 273 g/mol. The van der Waals surface area contributed by atoms with Gasteiger partial charge in [0, 0.05) is 16.8 Å². The van der Waals surface area contributed by atoms with E-state index in [0.29, 0.717) is 5.75 Å². The van der Waals surface area contributed by atoms with Crippen LogP contribution in [0.3, 0.4) is 0 Å². The van der Waals surface area contributed by atoms with Crippen LogP contribution >= 0.6 is 27.3 Å². The van der Waals surface area contributed by atoms with Gasteiger partial charge in [-0.15, -0.1) is 11.3 Å². The number of phenolic OH excluding ortho intramolecular Hbond substituents is 1. The van der Waals surface area contributed by atoms with Crippen molar-refractivity contribution in [2.45, 2.75) is 5.33 Å². The summed E-state index contributed by atoms with van der Waals surface area (Å²) in [4.78, 5) is 0. The van der Waals surface area contributed by atoms with Crippen LogP contribution in [0.15, 0.2) is 17.5 Å². The second-order valence-corrected chi connectivity index (χ2v) is 4.36. The first-order valence-corrected chi connectivity index (χ1v) is 6.09. The molecule has 0 aliphatic rings. The van der Waals surface area contributed by atoms with Crippen LogP contribution in [0.5, 0.6) is 11.5 Å². The van der Waals surface area contributed by atoms with E-state index >= 15 is 0 Å². The van der Waals surface area contributed by atoms with E-state index in [0.717, 1.165) is 15.4 Å². The zero-order chi connectivity index (χ0) is 10.1. The second kappa shape index (κ2) is 3.79. The van der Waals surface area contributed by atoms with E-state index in [1.54, 1.807) is 24.5 Å². The summed E-state index contributed by atoms with van der Waals surface area (Å²) in [5.74, 6) is 0.979. The van der Waals surface area contributed by atoms with Gasteiger partial charge in [0.1, 0.15) is 11.5 Å². The zero-order valence-corrected chi connectivity index (χ0v) is 9.98. The third kappa shape index (κ3) is 1.48. The first-order valence-electron chi connectivity index (χ1n) is 4.09. The lowest BCUT2D eigenvalue weighted by Crippen LogP contribution is -1.82. The quantitative estimate of drug-likeness (QED) is 0.848. The van der Waals surface area contributed by atoms with Crippen molar-refractivity contribution in [1.82, 2.24) is 0 Å². The molecule has 0 aliphatic heterocycles. The molecule has 0 saturated carbocycles. The number of thiophene rings is 1. The Hall–Kier alpha value is -0.740. The molecule has 0 spiro atoms. The second-order valence-electron chi connectivity index (χ2n) is 2.92. The highest BCUT2D eigenvalue weighted by atomic mass is 79.9. The molecular weight excluding hydrogens is 264 g/mol. The Morgan fingerprint density at radius 2 is 2.29 bits per heavy atom. The Morgan fingerprint density at radius 3 is 2.93 bits per heavy atom. The van der Waals surface area contributed by atoms with Crippen molar-refractivity contribution in [3.8, 4) is 11.5 Å². The molecule has 0 fully saturated rings. The Labute approximate surface area is 94.3 Å². The van der Waals surface area contributed by atoms with Gasteiger partial charge in [-0.2, -0.15) is 0 Å². The van der Waals surface area contributed by atoms with Gasteiger partial charge in [-0.25, -0.2) is 0 Å². The highest BCUT2D eigenvalue weighted by Gasteiger charge is 2.08. The number of aromatic hydroxyl groups is 1. The van der Waals surface area contributed by atoms with Gasteiger partial charge < -0.3 is 9.84 Å². The molecule has 0 amide bonds. The maximum absolute atomic E-state index is 9.71. The fraction of sp³-hybridized carbons (Fsp3) is 0.200. The summed E-state index contributed by atoms with van der Waals surface area (Å²) >= 11 is 4.96. The molecule has 4 heteroatoms. The molecule has 2 nitrogen and oxygen atoms in total. The molecule has 2 aromatic rings. The lowest BCUT2D eigenvalue weighted by atomic mass is 10.2. The maximum Gasteiger partial charge on any atom is 0.137 e. The molecule has 1 aromatic carbocycles. The highest BCUT2D eigenvalue weighted by molar-refractivity contribution is 9.08. The van der Waals surface area contributed by atoms with Crippen LogP contribution < -0.4 is 4.74 Å². The van der Waals surface area contributed by atoms with Crippen molar-refractivity contribution < 1.29 is 9.84 Å². The molecule has 0 saturated heterocycles. The molecule has 0 radical (unpaired) electrons. The van der Waals surface area contributed by atoms with Gasteiger partial charge in [-0.3, -0.25) is 0 Å². The lowest BCUT2D eigenvalue weighted by Gasteiger charge is -2.02. The van der Waals surface area contributed by atoms with Gasteiger partial charge in [-0.05, 0) is 17.0 Å². The molecule has 0 bridgehead atoms. The monoisotopic (exact) mass is 272 g/mol. The summed E-state index contributed by atoms with van der Waals surface area (Å²) in [6.07, 6.45) is 0. The van der Waals surface area contributed by atoms with Crippen LogP contribution in [0.25, 0.3) is 10.1 Å². The van der Waals surface area contributed by atoms with Crippen molar-refractivity contribution in [3.05, 3.63) is 23.1 Å². The van der Waals surface area contributed by atoms with E-state index in [9.17, 15) is 5.11 Å². The van der Waals surface area contributed by atoms with Crippen molar-refractivity contribution in [2.24, 2.45) is 0 Å². The molecule has 0 aliphatic carbocycles. The van der Waals surface area contributed by atoms with E-state index in [1.165, 1.54) is 5.56 Å².